The van der Waals surface area contributed by atoms with E-state index in [0.29, 0.717) is 19.6 Å². The maximum absolute atomic E-state index is 10.0. The molecule has 0 atom stereocenters. The minimum Gasteiger partial charge on any atom is -1.00 e. The zero-order valence-electron chi connectivity index (χ0n) is 8.50. The number of ether oxygens (including phenoxy) is 2. The molecule has 0 spiro atoms. The van der Waals surface area contributed by atoms with Crippen LogP contribution < -0.4 is 51.4 Å². The van der Waals surface area contributed by atoms with Crippen LogP contribution in [0, 0.1) is 0 Å². The van der Waals surface area contributed by atoms with Crippen molar-refractivity contribution in [1.82, 2.24) is 0 Å². The summed E-state index contributed by atoms with van der Waals surface area (Å²) in [5.41, 5.74) is 0. The molecule has 0 saturated heterocycles. The van der Waals surface area contributed by atoms with Crippen molar-refractivity contribution < 1.29 is 67.1 Å². The molecule has 0 radical (unpaired) electrons. The van der Waals surface area contributed by atoms with Gasteiger partial charge in [0.15, 0.2) is 6.29 Å². The van der Waals surface area contributed by atoms with Crippen LogP contribution in [0.2, 0.25) is 0 Å². The van der Waals surface area contributed by atoms with Gasteiger partial charge >= 0.3 is 51.4 Å². The fraction of sp³-hybridized carbons (Fsp3) is 0.857. The Balaban J connectivity index is -0.000000405. The minimum atomic E-state index is -0.340. The van der Waals surface area contributed by atoms with Gasteiger partial charge in [0.2, 0.25) is 0 Å². The van der Waals surface area contributed by atoms with Gasteiger partial charge in [-0.15, -0.1) is 0 Å². The first-order chi connectivity index (χ1) is 4.85. The SMILES string of the molecule is CCOC(CC=O)OCC.[H-].[K+]. The molecule has 0 heterocycles. The van der Waals surface area contributed by atoms with Gasteiger partial charge in [-0.3, -0.25) is 0 Å². The van der Waals surface area contributed by atoms with Crippen molar-refractivity contribution in [2.75, 3.05) is 13.2 Å². The van der Waals surface area contributed by atoms with Gasteiger partial charge in [-0.1, -0.05) is 0 Å². The van der Waals surface area contributed by atoms with Crippen LogP contribution in [0.1, 0.15) is 21.7 Å². The largest absolute Gasteiger partial charge is 1.00 e. The normalized spacial score (nSPS) is 9.36. The zero-order chi connectivity index (χ0) is 7.82. The Bertz CT molecular complexity index is 86.7. The quantitative estimate of drug-likeness (QED) is 0.276. The van der Waals surface area contributed by atoms with E-state index in [1.54, 1.807) is 0 Å². The Morgan fingerprint density at radius 3 is 2.09 bits per heavy atom. The third-order valence-corrected chi connectivity index (χ3v) is 0.994. The smallest absolute Gasteiger partial charge is 1.00 e. The molecule has 4 heteroatoms. The van der Waals surface area contributed by atoms with E-state index in [0.717, 1.165) is 6.29 Å². The topological polar surface area (TPSA) is 35.5 Å². The maximum Gasteiger partial charge on any atom is 1.00 e. The van der Waals surface area contributed by atoms with E-state index >= 15 is 0 Å². The fourth-order valence-electron chi connectivity index (χ4n) is 0.635. The Hall–Kier alpha value is 1.23. The van der Waals surface area contributed by atoms with Crippen LogP contribution in [0.15, 0.2) is 0 Å². The van der Waals surface area contributed by atoms with Crippen LogP contribution in [0.5, 0.6) is 0 Å². The summed E-state index contributed by atoms with van der Waals surface area (Å²) >= 11 is 0. The van der Waals surface area contributed by atoms with Crippen molar-refractivity contribution in [2.45, 2.75) is 26.6 Å². The predicted octanol–water partition coefficient (Wildman–Crippen LogP) is -1.91. The molecule has 0 N–H and O–H groups in total. The fourth-order valence-corrected chi connectivity index (χ4v) is 0.635. The molecular formula is C7H15KO3. The van der Waals surface area contributed by atoms with Crippen LogP contribution >= 0.6 is 0 Å². The van der Waals surface area contributed by atoms with Gasteiger partial charge in [0.1, 0.15) is 6.29 Å². The van der Waals surface area contributed by atoms with Crippen LogP contribution in [0.25, 0.3) is 0 Å². The Labute approximate surface area is 112 Å². The first kappa shape index (κ1) is 14.7. The first-order valence-electron chi connectivity index (χ1n) is 3.52. The van der Waals surface area contributed by atoms with Gasteiger partial charge in [-0.2, -0.15) is 0 Å². The van der Waals surface area contributed by atoms with E-state index in [9.17, 15) is 4.79 Å². The molecule has 0 amide bonds. The van der Waals surface area contributed by atoms with Gasteiger partial charge in [0.05, 0.1) is 6.42 Å². The number of hydrogen-bond acceptors (Lipinski definition) is 3. The number of hydrogen-bond donors (Lipinski definition) is 0. The van der Waals surface area contributed by atoms with Crippen LogP contribution in [0.4, 0.5) is 0 Å². The second kappa shape index (κ2) is 11.2. The molecule has 0 aromatic rings. The molecule has 0 saturated carbocycles. The van der Waals surface area contributed by atoms with Crippen molar-refractivity contribution in [3.63, 3.8) is 0 Å². The van der Waals surface area contributed by atoms with Crippen molar-refractivity contribution in [2.24, 2.45) is 0 Å². The molecule has 0 aliphatic heterocycles. The zero-order valence-corrected chi connectivity index (χ0v) is 10.6. The van der Waals surface area contributed by atoms with Crippen molar-refractivity contribution >= 4 is 6.29 Å². The Morgan fingerprint density at radius 1 is 1.36 bits per heavy atom. The number of carbonyl (C=O) groups excluding carboxylic acids is 1. The van der Waals surface area contributed by atoms with E-state index in [1.165, 1.54) is 0 Å². The summed E-state index contributed by atoms with van der Waals surface area (Å²) in [5.74, 6) is 0. The van der Waals surface area contributed by atoms with Gasteiger partial charge < -0.3 is 15.7 Å². The second-order valence-electron chi connectivity index (χ2n) is 1.74. The molecule has 0 aromatic carbocycles. The summed E-state index contributed by atoms with van der Waals surface area (Å²) in [4.78, 5) is 10.0. The monoisotopic (exact) mass is 186 g/mol. The molecule has 3 nitrogen and oxygen atoms in total. The van der Waals surface area contributed by atoms with Gasteiger partial charge in [-0.25, -0.2) is 0 Å². The van der Waals surface area contributed by atoms with Crippen molar-refractivity contribution in [1.29, 1.82) is 0 Å². The molecule has 0 unspecified atom stereocenters. The third-order valence-electron chi connectivity index (χ3n) is 0.994. The van der Waals surface area contributed by atoms with E-state index in [2.05, 4.69) is 0 Å². The van der Waals surface area contributed by atoms with E-state index < -0.39 is 0 Å². The van der Waals surface area contributed by atoms with E-state index in [4.69, 9.17) is 9.47 Å². The van der Waals surface area contributed by atoms with Crippen LogP contribution in [-0.2, 0) is 14.3 Å². The molecule has 0 aliphatic rings. The molecule has 11 heavy (non-hydrogen) atoms. The Kier molecular flexibility index (Phi) is 15.0. The summed E-state index contributed by atoms with van der Waals surface area (Å²) in [7, 11) is 0. The number of carbonyl (C=O) groups is 1. The maximum atomic E-state index is 10.0. The number of aldehydes is 1. The molecule has 0 aromatic heterocycles. The van der Waals surface area contributed by atoms with E-state index in [1.807, 2.05) is 13.8 Å². The van der Waals surface area contributed by atoms with Gasteiger partial charge in [0.25, 0.3) is 0 Å². The summed E-state index contributed by atoms with van der Waals surface area (Å²) < 4.78 is 10.1. The molecule has 0 fully saturated rings. The average Bonchev–Trinajstić information content (AvgIpc) is 1.90. The molecule has 0 aliphatic carbocycles. The predicted molar refractivity (Wildman–Crippen MR) is 38.8 cm³/mol. The third kappa shape index (κ3) is 9.14. The van der Waals surface area contributed by atoms with Gasteiger partial charge in [-0.05, 0) is 13.8 Å². The number of rotatable bonds is 6. The summed E-state index contributed by atoms with van der Waals surface area (Å²) in [6.07, 6.45) is 0.782. The second-order valence-corrected chi connectivity index (χ2v) is 1.74. The Morgan fingerprint density at radius 2 is 1.82 bits per heavy atom. The first-order valence-corrected chi connectivity index (χ1v) is 3.52. The standard InChI is InChI=1S/C7H14O3.K.H/c1-3-9-7(5-6-8)10-4-2;;/h6-7H,3-5H2,1-2H3;;/q;+1;-1. The summed E-state index contributed by atoms with van der Waals surface area (Å²) in [6, 6.07) is 0. The minimum absolute atomic E-state index is 0. The van der Waals surface area contributed by atoms with Crippen molar-refractivity contribution in [3.05, 3.63) is 0 Å². The van der Waals surface area contributed by atoms with Crippen LogP contribution in [0.3, 0.4) is 0 Å². The summed E-state index contributed by atoms with van der Waals surface area (Å²) in [6.45, 7) is 4.91. The van der Waals surface area contributed by atoms with Gasteiger partial charge in [0, 0.05) is 13.2 Å². The van der Waals surface area contributed by atoms with Crippen molar-refractivity contribution in [3.8, 4) is 0 Å². The van der Waals surface area contributed by atoms with Crippen LogP contribution in [-0.4, -0.2) is 25.8 Å². The molecular weight excluding hydrogens is 171 g/mol. The molecule has 62 valence electrons. The molecule has 0 bridgehead atoms. The average molecular weight is 186 g/mol. The summed E-state index contributed by atoms with van der Waals surface area (Å²) in [5, 5.41) is 0. The van der Waals surface area contributed by atoms with E-state index in [-0.39, 0.29) is 59.1 Å². The molecule has 0 rings (SSSR count).